The fraction of sp³-hybridized carbons (Fsp3) is 0. The lowest BCUT2D eigenvalue weighted by molar-refractivity contribution is -0.0979. The first-order valence-electron chi connectivity index (χ1n) is 2.53. The van der Waals surface area contributed by atoms with Crippen LogP contribution in [-0.2, 0) is 4.79 Å². The smallest absolute Gasteiger partial charge is 0.128 e. The third-order valence-corrected chi connectivity index (χ3v) is 1.76. The summed E-state index contributed by atoms with van der Waals surface area (Å²) in [5.74, 6) is 0.355. The first-order valence-corrected chi connectivity index (χ1v) is 3.61. The molecule has 2 nitrogen and oxygen atoms in total. The maximum absolute atomic E-state index is 8.91. The normalized spacial score (nSPS) is 7.70. The van der Waals surface area contributed by atoms with Crippen LogP contribution in [0.3, 0.4) is 0 Å². The van der Waals surface area contributed by atoms with E-state index in [4.69, 9.17) is 9.90 Å². The maximum atomic E-state index is 8.91. The van der Waals surface area contributed by atoms with Gasteiger partial charge < -0.3 is 9.90 Å². The molecule has 0 amide bonds. The number of benzene rings is 1. The van der Waals surface area contributed by atoms with E-state index < -0.39 is 0 Å². The highest BCUT2D eigenvalue weighted by atomic mass is 127. The fourth-order valence-electron chi connectivity index (χ4n) is 0.452. The molecule has 0 aliphatic rings. The molecule has 1 N–H and O–H groups in total. The molecule has 54 valence electrons. The van der Waals surface area contributed by atoms with Crippen LogP contribution in [0.2, 0.25) is 0 Å². The van der Waals surface area contributed by atoms with E-state index >= 15 is 0 Å². The van der Waals surface area contributed by atoms with Crippen molar-refractivity contribution in [2.24, 2.45) is 0 Å². The first kappa shape index (κ1) is 9.42. The Morgan fingerprint density at radius 1 is 1.30 bits per heavy atom. The van der Waals surface area contributed by atoms with Crippen LogP contribution in [-0.4, -0.2) is 11.9 Å². The quantitative estimate of drug-likeness (QED) is 0.713. The molecule has 10 heavy (non-hydrogen) atoms. The van der Waals surface area contributed by atoms with Gasteiger partial charge in [-0.25, -0.2) is 0 Å². The summed E-state index contributed by atoms with van der Waals surface area (Å²) in [6.45, 7) is 2.00. The van der Waals surface area contributed by atoms with Gasteiger partial charge in [-0.3, -0.25) is 0 Å². The van der Waals surface area contributed by atoms with Crippen LogP contribution in [0.25, 0.3) is 0 Å². The molecule has 0 aromatic heterocycles. The van der Waals surface area contributed by atoms with Crippen LogP contribution >= 0.6 is 22.6 Å². The van der Waals surface area contributed by atoms with Gasteiger partial charge in [-0.2, -0.15) is 0 Å². The second-order valence-electron chi connectivity index (χ2n) is 1.45. The molecule has 0 atom stereocenters. The third-order valence-electron chi connectivity index (χ3n) is 0.852. The molecule has 1 aromatic rings. The predicted molar refractivity (Wildman–Crippen MR) is 47.9 cm³/mol. The average molecular weight is 250 g/mol. The van der Waals surface area contributed by atoms with Crippen molar-refractivity contribution in [3.8, 4) is 5.75 Å². The van der Waals surface area contributed by atoms with E-state index in [1.807, 2.05) is 18.9 Å². The molecule has 0 radical (unpaired) electrons. The fourth-order valence-corrected chi connectivity index (χ4v) is 0.839. The standard InChI is InChI=1S/C6H5IO.CH2O/c7-5-3-1-2-4-6(5)8;1-2/h1-4,8H;1H2. The van der Waals surface area contributed by atoms with Crippen molar-refractivity contribution in [3.63, 3.8) is 0 Å². The predicted octanol–water partition coefficient (Wildman–Crippen LogP) is 1.81. The summed E-state index contributed by atoms with van der Waals surface area (Å²) >= 11 is 2.07. The number of rotatable bonds is 0. The van der Waals surface area contributed by atoms with Gasteiger partial charge in [0.2, 0.25) is 0 Å². The lowest BCUT2D eigenvalue weighted by Gasteiger charge is -1.90. The lowest BCUT2D eigenvalue weighted by Crippen LogP contribution is -1.67. The summed E-state index contributed by atoms with van der Waals surface area (Å²) in [5.41, 5.74) is 0. The van der Waals surface area contributed by atoms with E-state index in [9.17, 15) is 0 Å². The molecule has 0 aliphatic heterocycles. The molecule has 0 unspecified atom stereocenters. The summed E-state index contributed by atoms with van der Waals surface area (Å²) in [5, 5.41) is 8.91. The minimum Gasteiger partial charge on any atom is -0.507 e. The van der Waals surface area contributed by atoms with Crippen molar-refractivity contribution in [2.45, 2.75) is 0 Å². The number of para-hydroxylation sites is 1. The molecule has 0 saturated heterocycles. The zero-order valence-electron chi connectivity index (χ0n) is 5.25. The summed E-state index contributed by atoms with van der Waals surface area (Å²) in [6.07, 6.45) is 0. The van der Waals surface area contributed by atoms with Crippen LogP contribution in [0.1, 0.15) is 0 Å². The van der Waals surface area contributed by atoms with Crippen LogP contribution in [0.4, 0.5) is 0 Å². The molecular formula is C7H7IO2. The second kappa shape index (κ2) is 5.22. The first-order chi connectivity index (χ1) is 4.80. The summed E-state index contributed by atoms with van der Waals surface area (Å²) < 4.78 is 0.894. The van der Waals surface area contributed by atoms with Crippen molar-refractivity contribution >= 4 is 29.4 Å². The Bertz CT molecular complexity index is 180. The van der Waals surface area contributed by atoms with Crippen molar-refractivity contribution in [3.05, 3.63) is 27.8 Å². The Kier molecular flexibility index (Phi) is 4.92. The zero-order valence-corrected chi connectivity index (χ0v) is 7.41. The number of carbonyl (C=O) groups is 1. The topological polar surface area (TPSA) is 37.3 Å². The number of halogens is 1. The van der Waals surface area contributed by atoms with Gasteiger partial charge in [0.25, 0.3) is 0 Å². The molecule has 0 fully saturated rings. The van der Waals surface area contributed by atoms with E-state index in [-0.39, 0.29) is 0 Å². The SMILES string of the molecule is C=O.Oc1ccccc1I. The van der Waals surface area contributed by atoms with Gasteiger partial charge in [-0.05, 0) is 34.7 Å². The van der Waals surface area contributed by atoms with Gasteiger partial charge in [-0.1, -0.05) is 12.1 Å². The van der Waals surface area contributed by atoms with Crippen LogP contribution in [0.5, 0.6) is 5.75 Å². The lowest BCUT2D eigenvalue weighted by atomic mass is 10.3. The van der Waals surface area contributed by atoms with E-state index in [0.29, 0.717) is 5.75 Å². The number of carbonyl (C=O) groups excluding carboxylic acids is 1. The van der Waals surface area contributed by atoms with Gasteiger partial charge in [-0.15, -0.1) is 0 Å². The number of aromatic hydroxyl groups is 1. The Balaban J connectivity index is 0.000000371. The number of hydrogen-bond acceptors (Lipinski definition) is 2. The Labute approximate surface area is 73.0 Å². The van der Waals surface area contributed by atoms with E-state index in [1.54, 1.807) is 12.1 Å². The molecule has 0 aliphatic carbocycles. The molecule has 0 bridgehead atoms. The Morgan fingerprint density at radius 2 is 1.80 bits per heavy atom. The van der Waals surface area contributed by atoms with E-state index in [1.165, 1.54) is 0 Å². The average Bonchev–Trinajstić information content (AvgIpc) is 2.00. The van der Waals surface area contributed by atoms with E-state index in [0.717, 1.165) is 3.57 Å². The highest BCUT2D eigenvalue weighted by molar-refractivity contribution is 14.1. The van der Waals surface area contributed by atoms with Gasteiger partial charge in [0.15, 0.2) is 0 Å². The number of phenolic OH excluding ortho intramolecular Hbond substituents is 1. The largest absolute Gasteiger partial charge is 0.507 e. The second-order valence-corrected chi connectivity index (χ2v) is 2.61. The Morgan fingerprint density at radius 3 is 2.10 bits per heavy atom. The van der Waals surface area contributed by atoms with Crippen molar-refractivity contribution < 1.29 is 9.90 Å². The third kappa shape index (κ3) is 2.82. The van der Waals surface area contributed by atoms with Gasteiger partial charge >= 0.3 is 0 Å². The number of phenols is 1. The van der Waals surface area contributed by atoms with Crippen LogP contribution in [0, 0.1) is 3.57 Å². The minimum absolute atomic E-state index is 0.355. The van der Waals surface area contributed by atoms with Crippen LogP contribution < -0.4 is 0 Å². The van der Waals surface area contributed by atoms with Gasteiger partial charge in [0.1, 0.15) is 12.5 Å². The number of hydrogen-bond donors (Lipinski definition) is 1. The highest BCUT2D eigenvalue weighted by Crippen LogP contribution is 2.16. The minimum atomic E-state index is 0.355. The monoisotopic (exact) mass is 250 g/mol. The molecule has 0 saturated carbocycles. The van der Waals surface area contributed by atoms with Crippen LogP contribution in [0.15, 0.2) is 24.3 Å². The molecule has 0 heterocycles. The van der Waals surface area contributed by atoms with Gasteiger partial charge in [0, 0.05) is 0 Å². The molecule has 0 spiro atoms. The molecule has 1 aromatic carbocycles. The summed E-state index contributed by atoms with van der Waals surface area (Å²) in [4.78, 5) is 8.00. The molecular weight excluding hydrogens is 243 g/mol. The van der Waals surface area contributed by atoms with Gasteiger partial charge in [0.05, 0.1) is 3.57 Å². The van der Waals surface area contributed by atoms with Crippen molar-refractivity contribution in [1.29, 1.82) is 0 Å². The highest BCUT2D eigenvalue weighted by Gasteiger charge is 1.89. The van der Waals surface area contributed by atoms with E-state index in [2.05, 4.69) is 22.6 Å². The zero-order chi connectivity index (χ0) is 7.98. The van der Waals surface area contributed by atoms with Crippen molar-refractivity contribution in [2.75, 3.05) is 0 Å². The molecule has 3 heteroatoms. The molecule has 1 rings (SSSR count). The maximum Gasteiger partial charge on any atom is 0.128 e. The summed E-state index contributed by atoms with van der Waals surface area (Å²) in [7, 11) is 0. The van der Waals surface area contributed by atoms with Crippen molar-refractivity contribution in [1.82, 2.24) is 0 Å². The Hall–Kier alpha value is -0.580. The summed E-state index contributed by atoms with van der Waals surface area (Å²) in [6, 6.07) is 7.22.